The summed E-state index contributed by atoms with van der Waals surface area (Å²) in [6.45, 7) is 3.86. The minimum absolute atomic E-state index is 0.0930. The van der Waals surface area contributed by atoms with E-state index in [-0.39, 0.29) is 12.5 Å². The number of nitrogens with one attached hydrogen (secondary N) is 1. The zero-order valence-electron chi connectivity index (χ0n) is 14.6. The van der Waals surface area contributed by atoms with E-state index in [9.17, 15) is 4.79 Å². The molecule has 4 rings (SSSR count). The van der Waals surface area contributed by atoms with E-state index < -0.39 is 0 Å². The second kappa shape index (κ2) is 7.27. The third-order valence-corrected chi connectivity index (χ3v) is 4.83. The number of carbonyl (C=O) groups is 1. The Kier molecular flexibility index (Phi) is 4.69. The summed E-state index contributed by atoms with van der Waals surface area (Å²) in [5.74, 6) is 0.0937. The van der Waals surface area contributed by atoms with Crippen molar-refractivity contribution in [3.63, 3.8) is 0 Å². The van der Waals surface area contributed by atoms with Crippen molar-refractivity contribution in [2.24, 2.45) is 0 Å². The van der Waals surface area contributed by atoms with E-state index in [1.54, 1.807) is 6.33 Å². The van der Waals surface area contributed by atoms with Gasteiger partial charge in [0.25, 0.3) is 5.91 Å². The second-order valence-corrected chi connectivity index (χ2v) is 6.48. The summed E-state index contributed by atoms with van der Waals surface area (Å²) in [4.78, 5) is 18.9. The van der Waals surface area contributed by atoms with Crippen LogP contribution in [-0.2, 0) is 6.54 Å². The monoisotopic (exact) mass is 350 g/mol. The molecule has 134 valence electrons. The zero-order valence-corrected chi connectivity index (χ0v) is 14.6. The number of aliphatic hydroxyl groups excluding tert-OH is 1. The highest BCUT2D eigenvalue weighted by Crippen LogP contribution is 2.24. The first-order valence-corrected chi connectivity index (χ1v) is 8.92. The van der Waals surface area contributed by atoms with Crippen LogP contribution in [0.5, 0.6) is 0 Å². The summed E-state index contributed by atoms with van der Waals surface area (Å²) in [6.07, 6.45) is 1.75. The van der Waals surface area contributed by atoms with Crippen molar-refractivity contribution in [2.75, 3.05) is 32.8 Å². The molecule has 0 bridgehead atoms. The van der Waals surface area contributed by atoms with Crippen molar-refractivity contribution in [1.29, 1.82) is 0 Å². The molecule has 1 aliphatic rings. The molecule has 1 amide bonds. The molecule has 2 aromatic carbocycles. The van der Waals surface area contributed by atoms with Crippen LogP contribution >= 0.6 is 0 Å². The molecular weight excluding hydrogens is 328 g/mol. The maximum absolute atomic E-state index is 12.6. The van der Waals surface area contributed by atoms with Crippen LogP contribution in [0.25, 0.3) is 22.2 Å². The Morgan fingerprint density at radius 3 is 2.54 bits per heavy atom. The highest BCUT2D eigenvalue weighted by Gasteiger charge is 2.17. The third kappa shape index (κ3) is 3.21. The Hall–Kier alpha value is -2.70. The van der Waals surface area contributed by atoms with E-state index in [2.05, 4.69) is 10.3 Å². The molecular formula is C20H22N4O2. The van der Waals surface area contributed by atoms with E-state index in [0.29, 0.717) is 6.54 Å². The normalized spacial score (nSPS) is 14.7. The van der Waals surface area contributed by atoms with Crippen LogP contribution in [0.15, 0.2) is 48.8 Å². The standard InChI is InChI=1S/C20H22N4O2/c25-12-11-24-14-22-18-13-17(5-6-19(18)24)15-1-3-16(4-2-15)20(26)23-9-7-21-8-10-23/h1-6,13-14,21,25H,7-12H2. The van der Waals surface area contributed by atoms with Crippen molar-refractivity contribution in [2.45, 2.75) is 6.54 Å². The maximum atomic E-state index is 12.6. The topological polar surface area (TPSA) is 70.4 Å². The minimum Gasteiger partial charge on any atom is -0.395 e. The van der Waals surface area contributed by atoms with Crippen molar-refractivity contribution >= 4 is 16.9 Å². The van der Waals surface area contributed by atoms with Gasteiger partial charge in [-0.1, -0.05) is 18.2 Å². The van der Waals surface area contributed by atoms with Crippen LogP contribution in [0.4, 0.5) is 0 Å². The predicted molar refractivity (Wildman–Crippen MR) is 101 cm³/mol. The maximum Gasteiger partial charge on any atom is 0.253 e. The fourth-order valence-corrected chi connectivity index (χ4v) is 3.39. The van der Waals surface area contributed by atoms with Crippen molar-refractivity contribution in [3.05, 3.63) is 54.4 Å². The number of fused-ring (bicyclic) bond motifs is 1. The van der Waals surface area contributed by atoms with Crippen LogP contribution in [0, 0.1) is 0 Å². The first kappa shape index (κ1) is 16.8. The predicted octanol–water partition coefficient (Wildman–Crippen LogP) is 1.74. The molecule has 0 unspecified atom stereocenters. The fourth-order valence-electron chi connectivity index (χ4n) is 3.39. The molecule has 3 aromatic rings. The van der Waals surface area contributed by atoms with Gasteiger partial charge in [0.05, 0.1) is 24.0 Å². The third-order valence-electron chi connectivity index (χ3n) is 4.83. The van der Waals surface area contributed by atoms with Gasteiger partial charge in [0.15, 0.2) is 0 Å². The van der Waals surface area contributed by atoms with Gasteiger partial charge in [0.1, 0.15) is 0 Å². The van der Waals surface area contributed by atoms with Gasteiger partial charge in [-0.15, -0.1) is 0 Å². The first-order valence-electron chi connectivity index (χ1n) is 8.92. The molecule has 1 saturated heterocycles. The van der Waals surface area contributed by atoms with E-state index in [0.717, 1.165) is 53.9 Å². The van der Waals surface area contributed by atoms with E-state index in [1.807, 2.05) is 51.9 Å². The van der Waals surface area contributed by atoms with Gasteiger partial charge in [-0.2, -0.15) is 0 Å². The molecule has 0 saturated carbocycles. The summed E-state index contributed by atoms with van der Waals surface area (Å²) in [5.41, 5.74) is 4.75. The Morgan fingerprint density at radius 2 is 1.81 bits per heavy atom. The van der Waals surface area contributed by atoms with Crippen LogP contribution in [0.2, 0.25) is 0 Å². The van der Waals surface area contributed by atoms with E-state index in [1.165, 1.54) is 0 Å². The average Bonchev–Trinajstić information content (AvgIpc) is 3.11. The lowest BCUT2D eigenvalue weighted by atomic mass is 10.0. The smallest absolute Gasteiger partial charge is 0.253 e. The zero-order chi connectivity index (χ0) is 17.9. The number of hydrogen-bond acceptors (Lipinski definition) is 4. The van der Waals surface area contributed by atoms with Crippen LogP contribution < -0.4 is 5.32 Å². The fraction of sp³-hybridized carbons (Fsp3) is 0.300. The quantitative estimate of drug-likeness (QED) is 0.752. The first-order chi connectivity index (χ1) is 12.8. The van der Waals surface area contributed by atoms with Gasteiger partial charge in [-0.05, 0) is 35.4 Å². The Labute approximate surface area is 152 Å². The highest BCUT2D eigenvalue weighted by molar-refractivity contribution is 5.95. The molecule has 1 aromatic heterocycles. The number of amides is 1. The van der Waals surface area contributed by atoms with Gasteiger partial charge < -0.3 is 19.9 Å². The van der Waals surface area contributed by atoms with Gasteiger partial charge in [0.2, 0.25) is 0 Å². The van der Waals surface area contributed by atoms with Crippen molar-refractivity contribution in [1.82, 2.24) is 19.8 Å². The Morgan fingerprint density at radius 1 is 1.08 bits per heavy atom. The number of imidazole rings is 1. The average molecular weight is 350 g/mol. The second-order valence-electron chi connectivity index (χ2n) is 6.48. The summed E-state index contributed by atoms with van der Waals surface area (Å²) in [7, 11) is 0. The van der Waals surface area contributed by atoms with E-state index in [4.69, 9.17) is 5.11 Å². The lowest BCUT2D eigenvalue weighted by Gasteiger charge is -2.27. The number of aliphatic hydroxyl groups is 1. The molecule has 0 spiro atoms. The van der Waals surface area contributed by atoms with Crippen molar-refractivity contribution in [3.8, 4) is 11.1 Å². The van der Waals surface area contributed by atoms with Gasteiger partial charge >= 0.3 is 0 Å². The summed E-state index contributed by atoms with van der Waals surface area (Å²) in [5, 5.41) is 12.4. The van der Waals surface area contributed by atoms with Crippen LogP contribution in [0.1, 0.15) is 10.4 Å². The van der Waals surface area contributed by atoms with Crippen molar-refractivity contribution < 1.29 is 9.90 Å². The van der Waals surface area contributed by atoms with Gasteiger partial charge in [0, 0.05) is 38.3 Å². The summed E-state index contributed by atoms with van der Waals surface area (Å²) < 4.78 is 1.94. The number of carbonyl (C=O) groups excluding carboxylic acids is 1. The molecule has 1 fully saturated rings. The highest BCUT2D eigenvalue weighted by atomic mass is 16.3. The van der Waals surface area contributed by atoms with Gasteiger partial charge in [-0.3, -0.25) is 4.79 Å². The Bertz CT molecular complexity index is 911. The number of benzene rings is 2. The molecule has 0 atom stereocenters. The molecule has 26 heavy (non-hydrogen) atoms. The number of aromatic nitrogens is 2. The Balaban J connectivity index is 1.56. The largest absolute Gasteiger partial charge is 0.395 e. The molecule has 6 heteroatoms. The van der Waals surface area contributed by atoms with E-state index >= 15 is 0 Å². The molecule has 2 N–H and O–H groups in total. The summed E-state index contributed by atoms with van der Waals surface area (Å²) in [6, 6.07) is 13.9. The number of rotatable bonds is 4. The molecule has 0 radical (unpaired) electrons. The lowest BCUT2D eigenvalue weighted by Crippen LogP contribution is -2.46. The molecule has 6 nitrogen and oxygen atoms in total. The molecule has 0 aliphatic carbocycles. The number of piperazine rings is 1. The molecule has 1 aliphatic heterocycles. The van der Waals surface area contributed by atoms with Crippen LogP contribution in [0.3, 0.4) is 0 Å². The SMILES string of the molecule is O=C(c1ccc(-c2ccc3c(c2)ncn3CCO)cc1)N1CCNCC1. The number of hydrogen-bond donors (Lipinski definition) is 2. The van der Waals surface area contributed by atoms with Gasteiger partial charge in [-0.25, -0.2) is 4.98 Å². The summed E-state index contributed by atoms with van der Waals surface area (Å²) >= 11 is 0. The van der Waals surface area contributed by atoms with Crippen LogP contribution in [-0.4, -0.2) is 58.3 Å². The number of nitrogens with zero attached hydrogens (tertiary/aromatic N) is 3. The lowest BCUT2D eigenvalue weighted by molar-refractivity contribution is 0.0736. The molecule has 2 heterocycles. The minimum atomic E-state index is 0.0930.